The summed E-state index contributed by atoms with van der Waals surface area (Å²) in [6.07, 6.45) is 10.1. The Labute approximate surface area is 143 Å². The van der Waals surface area contributed by atoms with Crippen LogP contribution in [-0.2, 0) is 24.1 Å². The molecule has 0 N–H and O–H groups in total. The van der Waals surface area contributed by atoms with E-state index in [-0.39, 0.29) is 18.0 Å². The van der Waals surface area contributed by atoms with Gasteiger partial charge >= 0.3 is 0 Å². The van der Waals surface area contributed by atoms with Crippen LogP contribution in [-0.4, -0.2) is 11.9 Å². The van der Waals surface area contributed by atoms with Crippen molar-refractivity contribution in [2.45, 2.75) is 58.0 Å². The molecule has 0 bridgehead atoms. The fraction of sp³-hybridized carbons (Fsp3) is 0.429. The summed E-state index contributed by atoms with van der Waals surface area (Å²) in [6.45, 7) is 4.16. The van der Waals surface area contributed by atoms with Crippen LogP contribution < -0.4 is 9.47 Å². The minimum atomic E-state index is -0.175. The lowest BCUT2D eigenvalue weighted by molar-refractivity contribution is -0.706. The van der Waals surface area contributed by atoms with Gasteiger partial charge in [-0.3, -0.25) is 4.79 Å². The number of hydrogen-bond donors (Lipinski definition) is 0. The zero-order valence-corrected chi connectivity index (χ0v) is 14.5. The number of carbonyl (C=O) groups is 1. The van der Waals surface area contributed by atoms with Crippen LogP contribution in [0.3, 0.4) is 0 Å². The average Bonchev–Trinajstić information content (AvgIpc) is 2.95. The molecule has 2 heterocycles. The van der Waals surface area contributed by atoms with Crippen molar-refractivity contribution in [3.63, 3.8) is 0 Å². The van der Waals surface area contributed by atoms with Gasteiger partial charge in [-0.1, -0.05) is 18.2 Å². The number of amides is 1. The lowest BCUT2D eigenvalue weighted by atomic mass is 9.93. The second-order valence-electron chi connectivity index (χ2n) is 7.22. The van der Waals surface area contributed by atoms with Crippen LogP contribution in [0.4, 0.5) is 5.69 Å². The molecule has 2 atom stereocenters. The quantitative estimate of drug-likeness (QED) is 0.778. The molecule has 3 nitrogen and oxygen atoms in total. The monoisotopic (exact) mass is 321 g/mol. The average molecular weight is 321 g/mol. The van der Waals surface area contributed by atoms with E-state index in [4.69, 9.17) is 0 Å². The van der Waals surface area contributed by atoms with Crippen molar-refractivity contribution in [3.8, 4) is 0 Å². The van der Waals surface area contributed by atoms with E-state index >= 15 is 0 Å². The SMILES string of the molecule is C[C@@H]1Cc2ccccc2N1C(=O)[C@@H](C)[n+]1ccc2c(c1)CCCC2. The van der Waals surface area contributed by atoms with Crippen molar-refractivity contribution >= 4 is 11.6 Å². The minimum absolute atomic E-state index is 0.175. The van der Waals surface area contributed by atoms with E-state index in [1.807, 2.05) is 17.9 Å². The van der Waals surface area contributed by atoms with E-state index in [9.17, 15) is 4.79 Å². The summed E-state index contributed by atoms with van der Waals surface area (Å²) in [4.78, 5) is 15.2. The number of para-hydroxylation sites is 1. The predicted octanol–water partition coefficient (Wildman–Crippen LogP) is 3.39. The number of anilines is 1. The number of nitrogens with zero attached hydrogens (tertiary/aromatic N) is 2. The fourth-order valence-electron chi connectivity index (χ4n) is 4.16. The molecule has 1 aromatic carbocycles. The Balaban J connectivity index is 1.63. The lowest BCUT2D eigenvalue weighted by Crippen LogP contribution is -2.50. The van der Waals surface area contributed by atoms with E-state index in [0.717, 1.165) is 18.5 Å². The molecule has 1 aliphatic heterocycles. The van der Waals surface area contributed by atoms with Gasteiger partial charge in [0, 0.05) is 30.3 Å². The van der Waals surface area contributed by atoms with Crippen molar-refractivity contribution in [2.24, 2.45) is 0 Å². The summed E-state index contributed by atoms with van der Waals surface area (Å²) in [7, 11) is 0. The number of pyridine rings is 1. The van der Waals surface area contributed by atoms with Crippen molar-refractivity contribution in [3.05, 3.63) is 59.4 Å². The van der Waals surface area contributed by atoms with Gasteiger partial charge in [0.05, 0.1) is 0 Å². The first kappa shape index (κ1) is 15.4. The number of benzene rings is 1. The third-order valence-electron chi connectivity index (χ3n) is 5.56. The molecule has 124 valence electrons. The van der Waals surface area contributed by atoms with Crippen molar-refractivity contribution in [2.75, 3.05) is 4.90 Å². The number of hydrogen-bond acceptors (Lipinski definition) is 1. The van der Waals surface area contributed by atoms with Crippen LogP contribution in [0.5, 0.6) is 0 Å². The van der Waals surface area contributed by atoms with Crippen LogP contribution >= 0.6 is 0 Å². The van der Waals surface area contributed by atoms with Gasteiger partial charge in [-0.15, -0.1) is 0 Å². The summed E-state index contributed by atoms with van der Waals surface area (Å²) >= 11 is 0. The lowest BCUT2D eigenvalue weighted by Gasteiger charge is -2.24. The maximum atomic E-state index is 13.2. The van der Waals surface area contributed by atoms with Crippen molar-refractivity contribution < 1.29 is 9.36 Å². The fourth-order valence-corrected chi connectivity index (χ4v) is 4.16. The molecule has 0 unspecified atom stereocenters. The molecule has 0 spiro atoms. The highest BCUT2D eigenvalue weighted by atomic mass is 16.2. The summed E-state index contributed by atoms with van der Waals surface area (Å²) in [5.74, 6) is 0.188. The topological polar surface area (TPSA) is 24.2 Å². The predicted molar refractivity (Wildman–Crippen MR) is 95.1 cm³/mol. The highest BCUT2D eigenvalue weighted by molar-refractivity contribution is 5.97. The van der Waals surface area contributed by atoms with Crippen LogP contribution in [0.25, 0.3) is 0 Å². The van der Waals surface area contributed by atoms with Gasteiger partial charge in [-0.25, -0.2) is 0 Å². The molecule has 2 aromatic rings. The van der Waals surface area contributed by atoms with Crippen LogP contribution in [0.15, 0.2) is 42.7 Å². The van der Waals surface area contributed by atoms with Crippen molar-refractivity contribution in [1.82, 2.24) is 0 Å². The van der Waals surface area contributed by atoms with Crippen LogP contribution in [0.1, 0.15) is 49.4 Å². The standard InChI is InChI=1S/C21H25N2O/c1-15-13-18-8-5-6-10-20(18)23(15)21(24)16(2)22-12-11-17-7-3-4-9-19(17)14-22/h5-6,8,10-12,14-16H,3-4,7,9,13H2,1-2H3/q+1/t15-,16-/m1/s1. The van der Waals surface area contributed by atoms with Gasteiger partial charge in [0.2, 0.25) is 6.04 Å². The Hall–Kier alpha value is -2.16. The maximum absolute atomic E-state index is 13.2. The molecule has 1 amide bonds. The first-order chi connectivity index (χ1) is 11.6. The first-order valence-corrected chi connectivity index (χ1v) is 9.08. The van der Waals surface area contributed by atoms with E-state index < -0.39 is 0 Å². The highest BCUT2D eigenvalue weighted by Gasteiger charge is 2.36. The maximum Gasteiger partial charge on any atom is 0.296 e. The Kier molecular flexibility index (Phi) is 3.87. The molecule has 3 heteroatoms. The van der Waals surface area contributed by atoms with Gasteiger partial charge in [0.15, 0.2) is 12.4 Å². The number of aromatic nitrogens is 1. The molecular weight excluding hydrogens is 296 g/mol. The smallest absolute Gasteiger partial charge is 0.296 e. The molecule has 4 rings (SSSR count). The van der Waals surface area contributed by atoms with E-state index in [1.165, 1.54) is 36.0 Å². The van der Waals surface area contributed by atoms with Crippen LogP contribution in [0, 0.1) is 0 Å². The van der Waals surface area contributed by atoms with E-state index in [1.54, 1.807) is 0 Å². The van der Waals surface area contributed by atoms with E-state index in [0.29, 0.717) is 0 Å². The molecule has 0 saturated carbocycles. The second kappa shape index (κ2) is 6.04. The zero-order valence-electron chi connectivity index (χ0n) is 14.5. The van der Waals surface area contributed by atoms with Gasteiger partial charge in [0.1, 0.15) is 0 Å². The summed E-state index contributed by atoms with van der Waals surface area (Å²) in [6, 6.07) is 10.5. The Morgan fingerprint density at radius 1 is 1.12 bits per heavy atom. The number of fused-ring (bicyclic) bond motifs is 2. The van der Waals surface area contributed by atoms with Gasteiger partial charge < -0.3 is 4.90 Å². The zero-order chi connectivity index (χ0) is 16.7. The van der Waals surface area contributed by atoms with Crippen LogP contribution in [0.2, 0.25) is 0 Å². The van der Waals surface area contributed by atoms with Gasteiger partial charge in [-0.2, -0.15) is 4.57 Å². The summed E-state index contributed by atoms with van der Waals surface area (Å²) in [5.41, 5.74) is 5.23. The molecule has 24 heavy (non-hydrogen) atoms. The number of rotatable bonds is 2. The molecule has 2 aliphatic rings. The molecule has 0 saturated heterocycles. The molecule has 0 fully saturated rings. The molecule has 1 aliphatic carbocycles. The van der Waals surface area contributed by atoms with Gasteiger partial charge in [0.25, 0.3) is 5.91 Å². The number of carbonyl (C=O) groups excluding carboxylic acids is 1. The van der Waals surface area contributed by atoms with Gasteiger partial charge in [-0.05, 0) is 56.2 Å². The van der Waals surface area contributed by atoms with Crippen molar-refractivity contribution in [1.29, 1.82) is 0 Å². The molecule has 0 radical (unpaired) electrons. The van der Waals surface area contributed by atoms with E-state index in [2.05, 4.69) is 48.1 Å². The minimum Gasteiger partial charge on any atom is -0.303 e. The first-order valence-electron chi connectivity index (χ1n) is 9.08. The Bertz CT molecular complexity index is 783. The normalized spacial score (nSPS) is 20.4. The Morgan fingerprint density at radius 2 is 1.88 bits per heavy atom. The summed E-state index contributed by atoms with van der Waals surface area (Å²) < 4.78 is 2.10. The molecular formula is C21H25N2O+. The highest BCUT2D eigenvalue weighted by Crippen LogP contribution is 2.33. The molecule has 1 aromatic heterocycles. The Morgan fingerprint density at radius 3 is 2.71 bits per heavy atom. The summed E-state index contributed by atoms with van der Waals surface area (Å²) in [5, 5.41) is 0. The largest absolute Gasteiger partial charge is 0.303 e. The second-order valence-corrected chi connectivity index (χ2v) is 7.22. The number of aryl methyl sites for hydroxylation is 2. The third kappa shape index (κ3) is 2.52. The third-order valence-corrected chi connectivity index (χ3v) is 5.56.